The van der Waals surface area contributed by atoms with E-state index in [1.165, 1.54) is 5.56 Å². The van der Waals surface area contributed by atoms with Gasteiger partial charge >= 0.3 is 0 Å². The predicted molar refractivity (Wildman–Crippen MR) is 68.0 cm³/mol. The van der Waals surface area contributed by atoms with Crippen molar-refractivity contribution in [3.05, 3.63) is 28.8 Å². The lowest BCUT2D eigenvalue weighted by atomic mass is 10.1. The third kappa shape index (κ3) is 3.46. The number of hydrogen-bond acceptors (Lipinski definition) is 3. The Morgan fingerprint density at radius 2 is 1.94 bits per heavy atom. The molecule has 0 aliphatic heterocycles. The second kappa shape index (κ2) is 5.68. The SMILES string of the molecule is CNCc1cc(C)c(OC(C)C(N)=O)c(C)c1. The van der Waals surface area contributed by atoms with E-state index in [-0.39, 0.29) is 0 Å². The van der Waals surface area contributed by atoms with E-state index in [1.54, 1.807) is 6.92 Å². The van der Waals surface area contributed by atoms with Crippen molar-refractivity contribution in [1.82, 2.24) is 5.32 Å². The number of primary amides is 1. The average Bonchev–Trinajstić information content (AvgIpc) is 2.23. The number of hydrogen-bond donors (Lipinski definition) is 2. The molecule has 94 valence electrons. The molecular weight excluding hydrogens is 216 g/mol. The molecule has 0 spiro atoms. The minimum absolute atomic E-state index is 0.455. The fraction of sp³-hybridized carbons (Fsp3) is 0.462. The van der Waals surface area contributed by atoms with Crippen LogP contribution in [0.3, 0.4) is 0 Å². The number of amides is 1. The summed E-state index contributed by atoms with van der Waals surface area (Å²) in [7, 11) is 1.91. The third-order valence-corrected chi connectivity index (χ3v) is 2.60. The largest absolute Gasteiger partial charge is 0.480 e. The summed E-state index contributed by atoms with van der Waals surface area (Å²) in [6.45, 7) is 6.40. The molecule has 0 aromatic heterocycles. The lowest BCUT2D eigenvalue weighted by Gasteiger charge is -2.17. The maximum Gasteiger partial charge on any atom is 0.258 e. The molecule has 0 aliphatic rings. The molecule has 0 saturated carbocycles. The van der Waals surface area contributed by atoms with Crippen molar-refractivity contribution in [3.8, 4) is 5.75 Å². The smallest absolute Gasteiger partial charge is 0.258 e. The first-order valence-electron chi connectivity index (χ1n) is 5.66. The van der Waals surface area contributed by atoms with Crippen molar-refractivity contribution in [3.63, 3.8) is 0 Å². The van der Waals surface area contributed by atoms with E-state index in [0.29, 0.717) is 0 Å². The van der Waals surface area contributed by atoms with Crippen LogP contribution in [0.25, 0.3) is 0 Å². The molecule has 17 heavy (non-hydrogen) atoms. The molecule has 0 bridgehead atoms. The molecule has 0 heterocycles. The predicted octanol–water partition coefficient (Wildman–Crippen LogP) is 1.28. The molecule has 1 rings (SSSR count). The topological polar surface area (TPSA) is 64.3 Å². The van der Waals surface area contributed by atoms with Gasteiger partial charge in [-0.2, -0.15) is 0 Å². The Kier molecular flexibility index (Phi) is 4.52. The van der Waals surface area contributed by atoms with Crippen LogP contribution in [0.4, 0.5) is 0 Å². The van der Waals surface area contributed by atoms with Gasteiger partial charge in [0.15, 0.2) is 6.10 Å². The van der Waals surface area contributed by atoms with Crippen LogP contribution in [0.1, 0.15) is 23.6 Å². The van der Waals surface area contributed by atoms with Crippen molar-refractivity contribution in [2.24, 2.45) is 5.73 Å². The molecule has 3 N–H and O–H groups in total. The van der Waals surface area contributed by atoms with Gasteiger partial charge in [-0.3, -0.25) is 4.79 Å². The minimum atomic E-state index is -0.609. The Bertz CT molecular complexity index is 393. The number of ether oxygens (including phenoxy) is 1. The highest BCUT2D eigenvalue weighted by molar-refractivity contribution is 5.78. The van der Waals surface area contributed by atoms with Crippen LogP contribution < -0.4 is 15.8 Å². The van der Waals surface area contributed by atoms with E-state index in [2.05, 4.69) is 5.32 Å². The molecule has 1 unspecified atom stereocenters. The fourth-order valence-corrected chi connectivity index (χ4v) is 1.77. The van der Waals surface area contributed by atoms with Crippen LogP contribution in [0, 0.1) is 13.8 Å². The summed E-state index contributed by atoms with van der Waals surface area (Å²) in [6.07, 6.45) is -0.609. The molecule has 0 aliphatic carbocycles. The van der Waals surface area contributed by atoms with E-state index in [9.17, 15) is 4.79 Å². The van der Waals surface area contributed by atoms with Gasteiger partial charge in [-0.25, -0.2) is 0 Å². The zero-order valence-corrected chi connectivity index (χ0v) is 10.8. The summed E-state index contributed by atoms with van der Waals surface area (Å²) in [5.74, 6) is 0.291. The van der Waals surface area contributed by atoms with Gasteiger partial charge in [-0.05, 0) is 44.5 Å². The van der Waals surface area contributed by atoms with E-state index in [0.717, 1.165) is 23.4 Å². The number of nitrogens with one attached hydrogen (secondary N) is 1. The highest BCUT2D eigenvalue weighted by Gasteiger charge is 2.14. The van der Waals surface area contributed by atoms with Gasteiger partial charge in [-0.15, -0.1) is 0 Å². The molecule has 0 saturated heterocycles. The van der Waals surface area contributed by atoms with Crippen LogP contribution in [0.15, 0.2) is 12.1 Å². The third-order valence-electron chi connectivity index (χ3n) is 2.60. The maximum absolute atomic E-state index is 11.0. The molecule has 0 fully saturated rings. The monoisotopic (exact) mass is 236 g/mol. The molecule has 4 heteroatoms. The van der Waals surface area contributed by atoms with Crippen LogP contribution in [0.5, 0.6) is 5.75 Å². The van der Waals surface area contributed by atoms with Crippen molar-refractivity contribution >= 4 is 5.91 Å². The summed E-state index contributed by atoms with van der Waals surface area (Å²) in [5.41, 5.74) is 8.42. The first kappa shape index (κ1) is 13.5. The first-order chi connectivity index (χ1) is 7.95. The lowest BCUT2D eigenvalue weighted by Crippen LogP contribution is -2.31. The molecular formula is C13H20N2O2. The standard InChI is InChI=1S/C13H20N2O2/c1-8-5-11(7-15-4)6-9(2)12(8)17-10(3)13(14)16/h5-6,10,15H,7H2,1-4H3,(H2,14,16). The quantitative estimate of drug-likeness (QED) is 0.809. The van der Waals surface area contributed by atoms with Crippen LogP contribution in [0.2, 0.25) is 0 Å². The lowest BCUT2D eigenvalue weighted by molar-refractivity contribution is -0.124. The Morgan fingerprint density at radius 1 is 1.41 bits per heavy atom. The van der Waals surface area contributed by atoms with E-state index in [4.69, 9.17) is 10.5 Å². The number of carbonyl (C=O) groups is 1. The zero-order chi connectivity index (χ0) is 13.0. The number of nitrogens with two attached hydrogens (primary N) is 1. The summed E-state index contributed by atoms with van der Waals surface area (Å²) in [6, 6.07) is 4.10. The second-order valence-corrected chi connectivity index (χ2v) is 4.25. The van der Waals surface area contributed by atoms with Gasteiger partial charge in [0, 0.05) is 6.54 Å². The molecule has 0 radical (unpaired) electrons. The Morgan fingerprint density at radius 3 is 2.35 bits per heavy atom. The molecule has 1 aromatic carbocycles. The van der Waals surface area contributed by atoms with E-state index in [1.807, 2.05) is 33.0 Å². The fourth-order valence-electron chi connectivity index (χ4n) is 1.77. The second-order valence-electron chi connectivity index (χ2n) is 4.25. The number of benzene rings is 1. The highest BCUT2D eigenvalue weighted by atomic mass is 16.5. The summed E-state index contributed by atoms with van der Waals surface area (Å²) in [4.78, 5) is 11.0. The Labute approximate surface area is 102 Å². The number of aryl methyl sites for hydroxylation is 2. The van der Waals surface area contributed by atoms with Gasteiger partial charge in [-0.1, -0.05) is 12.1 Å². The van der Waals surface area contributed by atoms with Crippen LogP contribution in [-0.4, -0.2) is 19.1 Å². The number of rotatable bonds is 5. The van der Waals surface area contributed by atoms with Crippen molar-refractivity contribution in [1.29, 1.82) is 0 Å². The molecule has 4 nitrogen and oxygen atoms in total. The molecule has 1 atom stereocenters. The van der Waals surface area contributed by atoms with Crippen molar-refractivity contribution < 1.29 is 9.53 Å². The minimum Gasteiger partial charge on any atom is -0.480 e. The van der Waals surface area contributed by atoms with Crippen molar-refractivity contribution in [2.45, 2.75) is 33.4 Å². The normalized spacial score (nSPS) is 12.2. The molecule has 1 amide bonds. The van der Waals surface area contributed by atoms with Gasteiger partial charge in [0.05, 0.1) is 0 Å². The average molecular weight is 236 g/mol. The van der Waals surface area contributed by atoms with Crippen LogP contribution in [-0.2, 0) is 11.3 Å². The van der Waals surface area contributed by atoms with Crippen molar-refractivity contribution in [2.75, 3.05) is 7.05 Å². The van der Waals surface area contributed by atoms with Gasteiger partial charge in [0.1, 0.15) is 5.75 Å². The van der Waals surface area contributed by atoms with E-state index < -0.39 is 12.0 Å². The Hall–Kier alpha value is -1.55. The Balaban J connectivity index is 2.97. The maximum atomic E-state index is 11.0. The summed E-state index contributed by atoms with van der Waals surface area (Å²) in [5, 5.41) is 3.10. The van der Waals surface area contributed by atoms with Gasteiger partial charge in [0.2, 0.25) is 0 Å². The van der Waals surface area contributed by atoms with E-state index >= 15 is 0 Å². The number of carbonyl (C=O) groups excluding carboxylic acids is 1. The van der Waals surface area contributed by atoms with Gasteiger partial charge in [0.25, 0.3) is 5.91 Å². The van der Waals surface area contributed by atoms with Crippen LogP contribution >= 0.6 is 0 Å². The van der Waals surface area contributed by atoms with Gasteiger partial charge < -0.3 is 15.8 Å². The first-order valence-corrected chi connectivity index (χ1v) is 5.66. The molecule has 1 aromatic rings. The highest BCUT2D eigenvalue weighted by Crippen LogP contribution is 2.25. The zero-order valence-electron chi connectivity index (χ0n) is 10.8. The summed E-state index contributed by atoms with van der Waals surface area (Å²) < 4.78 is 5.58. The summed E-state index contributed by atoms with van der Waals surface area (Å²) >= 11 is 0.